The molecule has 1 N–H and O–H groups in total. The summed E-state index contributed by atoms with van der Waals surface area (Å²) in [7, 11) is 1.58. The summed E-state index contributed by atoms with van der Waals surface area (Å²) in [5.41, 5.74) is 0.958. The largest absolute Gasteiger partial charge is 0.503 e. The number of nitrogens with zero attached hydrogens (tertiary/aromatic N) is 2. The number of carbonyl (C=O) groups is 2. The number of hydrogen-bond donors (Lipinski definition) is 1. The molecule has 1 amide bonds. The molecule has 1 aromatic heterocycles. The van der Waals surface area contributed by atoms with Gasteiger partial charge in [-0.25, -0.2) is 0 Å². The lowest BCUT2D eigenvalue weighted by Crippen LogP contribution is -2.32. The minimum atomic E-state index is -0.735. The van der Waals surface area contributed by atoms with Gasteiger partial charge in [-0.05, 0) is 35.4 Å². The van der Waals surface area contributed by atoms with Gasteiger partial charge < -0.3 is 14.7 Å². The first-order chi connectivity index (χ1) is 13.2. The molecular formula is C22H24N2O4. The second-order valence-corrected chi connectivity index (χ2v) is 7.81. The van der Waals surface area contributed by atoms with Crippen molar-refractivity contribution in [1.29, 1.82) is 0 Å². The highest BCUT2D eigenvalue weighted by molar-refractivity contribution is 6.10. The summed E-state index contributed by atoms with van der Waals surface area (Å²) in [6.45, 7) is 5.55. The van der Waals surface area contributed by atoms with Gasteiger partial charge in [0.05, 0.1) is 18.7 Å². The summed E-state index contributed by atoms with van der Waals surface area (Å²) in [6.07, 6.45) is 3.22. The fourth-order valence-corrected chi connectivity index (χ4v) is 3.31. The zero-order chi connectivity index (χ0) is 20.5. The summed E-state index contributed by atoms with van der Waals surface area (Å²) in [5.74, 6) is -0.622. The number of aliphatic hydroxyl groups is 1. The third-order valence-electron chi connectivity index (χ3n) is 4.74. The number of rotatable bonds is 5. The Balaban J connectivity index is 2.06. The highest BCUT2D eigenvalue weighted by atomic mass is 16.5. The molecule has 0 saturated heterocycles. The maximum absolute atomic E-state index is 13.1. The Kier molecular flexibility index (Phi) is 5.23. The van der Waals surface area contributed by atoms with Crippen molar-refractivity contribution in [3.8, 4) is 5.75 Å². The zero-order valence-electron chi connectivity index (χ0n) is 16.5. The van der Waals surface area contributed by atoms with E-state index in [-0.39, 0.29) is 17.9 Å². The van der Waals surface area contributed by atoms with Crippen LogP contribution in [0.15, 0.2) is 60.1 Å². The number of benzene rings is 1. The third-order valence-corrected chi connectivity index (χ3v) is 4.74. The van der Waals surface area contributed by atoms with E-state index in [0.717, 1.165) is 11.1 Å². The molecule has 0 aliphatic carbocycles. The number of ketones is 1. The van der Waals surface area contributed by atoms with Crippen molar-refractivity contribution in [2.45, 2.75) is 33.4 Å². The molecule has 0 saturated carbocycles. The van der Waals surface area contributed by atoms with Crippen LogP contribution in [0.3, 0.4) is 0 Å². The fourth-order valence-electron chi connectivity index (χ4n) is 3.31. The number of aromatic nitrogens is 1. The molecule has 6 nitrogen and oxygen atoms in total. The molecule has 28 heavy (non-hydrogen) atoms. The molecule has 1 atom stereocenters. The molecule has 3 rings (SSSR count). The highest BCUT2D eigenvalue weighted by Crippen LogP contribution is 2.41. The van der Waals surface area contributed by atoms with E-state index < -0.39 is 23.1 Å². The maximum atomic E-state index is 13.1. The van der Waals surface area contributed by atoms with Crippen molar-refractivity contribution in [2.75, 3.05) is 7.11 Å². The van der Waals surface area contributed by atoms with E-state index in [2.05, 4.69) is 4.98 Å². The molecule has 6 heteroatoms. The number of methoxy groups -OCH3 is 1. The molecule has 0 bridgehead atoms. The number of hydrogen-bond acceptors (Lipinski definition) is 5. The van der Waals surface area contributed by atoms with Crippen LogP contribution in [-0.2, 0) is 16.1 Å². The van der Waals surface area contributed by atoms with Crippen molar-refractivity contribution < 1.29 is 19.4 Å². The molecule has 0 spiro atoms. The Morgan fingerprint density at radius 3 is 2.50 bits per heavy atom. The third kappa shape index (κ3) is 3.63. The minimum Gasteiger partial charge on any atom is -0.503 e. The molecule has 1 aliphatic rings. The molecule has 2 aromatic rings. The average Bonchev–Trinajstić information content (AvgIpc) is 2.92. The molecule has 0 fully saturated rings. The first kappa shape index (κ1) is 19.6. The predicted octanol–water partition coefficient (Wildman–Crippen LogP) is 3.60. The van der Waals surface area contributed by atoms with Crippen LogP contribution in [0.1, 0.15) is 37.9 Å². The van der Waals surface area contributed by atoms with Gasteiger partial charge >= 0.3 is 0 Å². The van der Waals surface area contributed by atoms with Gasteiger partial charge in [0.2, 0.25) is 0 Å². The van der Waals surface area contributed by atoms with E-state index in [4.69, 9.17) is 4.74 Å². The van der Waals surface area contributed by atoms with E-state index in [1.807, 2.05) is 24.3 Å². The van der Waals surface area contributed by atoms with E-state index in [1.54, 1.807) is 52.4 Å². The number of pyridine rings is 1. The lowest BCUT2D eigenvalue weighted by Gasteiger charge is -2.29. The van der Waals surface area contributed by atoms with Crippen LogP contribution in [0.25, 0.3) is 0 Å². The topological polar surface area (TPSA) is 79.7 Å². The molecule has 1 aromatic carbocycles. The summed E-state index contributed by atoms with van der Waals surface area (Å²) in [5, 5.41) is 10.6. The normalized spacial score (nSPS) is 17.2. The Bertz CT molecular complexity index is 929. The number of amides is 1. The Morgan fingerprint density at radius 2 is 1.89 bits per heavy atom. The van der Waals surface area contributed by atoms with Crippen molar-refractivity contribution in [1.82, 2.24) is 9.88 Å². The monoisotopic (exact) mass is 380 g/mol. The summed E-state index contributed by atoms with van der Waals surface area (Å²) in [6, 6.07) is 10.2. The molecule has 2 heterocycles. The van der Waals surface area contributed by atoms with E-state index >= 15 is 0 Å². The van der Waals surface area contributed by atoms with Gasteiger partial charge in [0, 0.05) is 24.4 Å². The van der Waals surface area contributed by atoms with Crippen molar-refractivity contribution >= 4 is 11.7 Å². The molecule has 0 radical (unpaired) electrons. The zero-order valence-corrected chi connectivity index (χ0v) is 16.5. The van der Waals surface area contributed by atoms with Crippen molar-refractivity contribution in [3.63, 3.8) is 0 Å². The van der Waals surface area contributed by atoms with Crippen molar-refractivity contribution in [3.05, 3.63) is 71.3 Å². The van der Waals surface area contributed by atoms with Gasteiger partial charge in [-0.1, -0.05) is 32.9 Å². The lowest BCUT2D eigenvalue weighted by molar-refractivity contribution is -0.130. The number of aliphatic hydroxyl groups excluding tert-OH is 1. The number of Topliss-reactive ketones (excluding diaryl/α,β-unsaturated/α-hetero) is 1. The molecular weight excluding hydrogens is 356 g/mol. The first-order valence-electron chi connectivity index (χ1n) is 9.05. The molecule has 1 aliphatic heterocycles. The Labute approximate surface area is 164 Å². The maximum Gasteiger partial charge on any atom is 0.290 e. The van der Waals surface area contributed by atoms with Crippen molar-refractivity contribution in [2.24, 2.45) is 5.41 Å². The summed E-state index contributed by atoms with van der Waals surface area (Å²) >= 11 is 0. The second-order valence-electron chi connectivity index (χ2n) is 7.81. The van der Waals surface area contributed by atoms with Gasteiger partial charge in [0.15, 0.2) is 11.5 Å². The van der Waals surface area contributed by atoms with Gasteiger partial charge in [0.25, 0.3) is 5.91 Å². The van der Waals surface area contributed by atoms with Crippen LogP contribution < -0.4 is 4.74 Å². The first-order valence-corrected chi connectivity index (χ1v) is 9.05. The quantitative estimate of drug-likeness (QED) is 0.857. The van der Waals surface area contributed by atoms with Crippen LogP contribution in [0, 0.1) is 5.41 Å². The van der Waals surface area contributed by atoms with Crippen LogP contribution >= 0.6 is 0 Å². The van der Waals surface area contributed by atoms with Gasteiger partial charge in [-0.15, -0.1) is 0 Å². The Hall–Kier alpha value is -3.15. The molecule has 146 valence electrons. The molecule has 1 unspecified atom stereocenters. The SMILES string of the molecule is COc1cccc(CN2C(=O)C(O)=C(C(=O)C(C)(C)C)C2c2ccncc2)c1. The van der Waals surface area contributed by atoms with Crippen LogP contribution in [0.5, 0.6) is 5.75 Å². The average molecular weight is 380 g/mol. The Morgan fingerprint density at radius 1 is 1.21 bits per heavy atom. The van der Waals surface area contributed by atoms with Crippen LogP contribution in [0.2, 0.25) is 0 Å². The van der Waals surface area contributed by atoms with Gasteiger partial charge in [-0.3, -0.25) is 14.6 Å². The number of carbonyl (C=O) groups excluding carboxylic acids is 2. The minimum absolute atomic E-state index is 0.131. The second kappa shape index (κ2) is 7.46. The van der Waals surface area contributed by atoms with Gasteiger partial charge in [-0.2, -0.15) is 0 Å². The summed E-state index contributed by atoms with van der Waals surface area (Å²) < 4.78 is 5.26. The summed E-state index contributed by atoms with van der Waals surface area (Å²) in [4.78, 5) is 31.5. The van der Waals surface area contributed by atoms with Crippen LogP contribution in [0.4, 0.5) is 0 Å². The lowest BCUT2D eigenvalue weighted by atomic mass is 9.82. The number of ether oxygens (including phenoxy) is 1. The smallest absolute Gasteiger partial charge is 0.290 e. The van der Waals surface area contributed by atoms with E-state index in [0.29, 0.717) is 5.75 Å². The highest BCUT2D eigenvalue weighted by Gasteiger charge is 2.45. The van der Waals surface area contributed by atoms with Crippen LogP contribution in [-0.4, -0.2) is 33.8 Å². The standard InChI is InChI=1S/C22H24N2O4/c1-22(2,3)20(26)17-18(15-8-10-23-11-9-15)24(21(27)19(17)25)13-14-6-5-7-16(12-14)28-4/h5-12,18,25H,13H2,1-4H3. The predicted molar refractivity (Wildman–Crippen MR) is 105 cm³/mol. The van der Waals surface area contributed by atoms with Gasteiger partial charge in [0.1, 0.15) is 5.75 Å². The van der Waals surface area contributed by atoms with E-state index in [1.165, 1.54) is 4.90 Å². The fraction of sp³-hybridized carbons (Fsp3) is 0.318. The van der Waals surface area contributed by atoms with E-state index in [9.17, 15) is 14.7 Å².